The first-order chi connectivity index (χ1) is 18.0. The molecule has 2 aromatic carbocycles. The molecule has 3 heterocycles. The predicted octanol–water partition coefficient (Wildman–Crippen LogP) is 3.66. The van der Waals surface area contributed by atoms with E-state index in [4.69, 9.17) is 14.2 Å². The number of pyridine rings is 1. The van der Waals surface area contributed by atoms with Crippen molar-refractivity contribution in [1.29, 1.82) is 0 Å². The van der Waals surface area contributed by atoms with Gasteiger partial charge in [0, 0.05) is 36.7 Å². The Morgan fingerprint density at radius 3 is 2.78 bits per heavy atom. The summed E-state index contributed by atoms with van der Waals surface area (Å²) < 4.78 is 18.1. The number of H-pyrrole nitrogens is 1. The predicted molar refractivity (Wildman–Crippen MR) is 139 cm³/mol. The number of fused-ring (bicyclic) bond motifs is 2. The molecule has 10 nitrogen and oxygen atoms in total. The molecule has 0 amide bonds. The highest BCUT2D eigenvalue weighted by Gasteiger charge is 2.27. The third-order valence-corrected chi connectivity index (χ3v) is 6.78. The Hall–Kier alpha value is -3.76. The van der Waals surface area contributed by atoms with Crippen molar-refractivity contribution >= 4 is 10.9 Å². The van der Waals surface area contributed by atoms with Crippen molar-refractivity contribution in [2.75, 3.05) is 20.5 Å². The van der Waals surface area contributed by atoms with Crippen LogP contribution in [0.5, 0.6) is 11.5 Å². The van der Waals surface area contributed by atoms with E-state index >= 15 is 0 Å². The molecule has 1 aliphatic rings. The van der Waals surface area contributed by atoms with Crippen molar-refractivity contribution in [2.45, 2.75) is 52.9 Å². The van der Waals surface area contributed by atoms with Gasteiger partial charge in [-0.25, -0.2) is 4.68 Å². The highest BCUT2D eigenvalue weighted by atomic mass is 16.7. The second-order valence-corrected chi connectivity index (χ2v) is 9.44. The number of benzene rings is 2. The van der Waals surface area contributed by atoms with Crippen molar-refractivity contribution in [2.24, 2.45) is 0 Å². The molecule has 10 heteroatoms. The molecule has 0 radical (unpaired) electrons. The number of tetrazole rings is 1. The van der Waals surface area contributed by atoms with E-state index in [0.717, 1.165) is 51.3 Å². The number of hydrogen-bond acceptors (Lipinski definition) is 8. The van der Waals surface area contributed by atoms with E-state index in [-0.39, 0.29) is 18.4 Å². The summed E-state index contributed by atoms with van der Waals surface area (Å²) in [7, 11) is 1.66. The Labute approximate surface area is 215 Å². The number of methoxy groups -OCH3 is 1. The lowest BCUT2D eigenvalue weighted by Gasteiger charge is -2.30. The van der Waals surface area contributed by atoms with Gasteiger partial charge in [-0.2, -0.15) is 0 Å². The van der Waals surface area contributed by atoms with Gasteiger partial charge in [0.25, 0.3) is 5.56 Å². The van der Waals surface area contributed by atoms with Crippen LogP contribution in [0.25, 0.3) is 10.9 Å². The first kappa shape index (κ1) is 24.9. The van der Waals surface area contributed by atoms with E-state index in [9.17, 15) is 4.79 Å². The molecule has 0 unspecified atom stereocenters. The van der Waals surface area contributed by atoms with Crippen molar-refractivity contribution < 1.29 is 14.2 Å². The third kappa shape index (κ3) is 5.21. The molecule has 2 aromatic heterocycles. The summed E-state index contributed by atoms with van der Waals surface area (Å²) >= 11 is 0. The van der Waals surface area contributed by atoms with Gasteiger partial charge in [0.2, 0.25) is 6.79 Å². The second kappa shape index (κ2) is 10.7. The summed E-state index contributed by atoms with van der Waals surface area (Å²) in [5.41, 5.74) is 4.74. The molecule has 4 aromatic rings. The topological polar surface area (TPSA) is 107 Å². The lowest BCUT2D eigenvalue weighted by molar-refractivity contribution is 0.150. The van der Waals surface area contributed by atoms with Gasteiger partial charge in [0.1, 0.15) is 0 Å². The number of aromatic nitrogens is 5. The first-order valence-electron chi connectivity index (χ1n) is 12.5. The minimum atomic E-state index is -0.133. The standard InChI is InChI=1S/C27H32N6O4/c1-5-23(26-29-30-31-33(26)8-9-35-4)32(14-19-6-7-24-25(12-19)37-16-36-24)15-20-13-21-18(3)10-17(2)11-22(21)28-27(20)34/h6-7,10-13,23H,5,8-9,14-16H2,1-4H3,(H,28,34)/t23-/m0/s1. The molecule has 0 aliphatic carbocycles. The van der Waals surface area contributed by atoms with Gasteiger partial charge in [-0.05, 0) is 71.7 Å². The lowest BCUT2D eigenvalue weighted by Crippen LogP contribution is -2.32. The summed E-state index contributed by atoms with van der Waals surface area (Å²) in [4.78, 5) is 18.6. The van der Waals surface area contributed by atoms with Gasteiger partial charge in [-0.3, -0.25) is 9.69 Å². The Balaban J connectivity index is 1.54. The first-order valence-corrected chi connectivity index (χ1v) is 12.5. The number of nitrogens with zero attached hydrogens (tertiary/aromatic N) is 5. The maximum atomic E-state index is 13.2. The number of rotatable bonds is 10. The minimum absolute atomic E-state index is 0.0954. The SMILES string of the molecule is CC[C@@H](c1nnnn1CCOC)N(Cc1ccc2c(c1)OCO2)Cc1cc2c(C)cc(C)cc2[nH]c1=O. The Kier molecular flexibility index (Phi) is 7.20. The maximum absolute atomic E-state index is 13.2. The zero-order valence-corrected chi connectivity index (χ0v) is 21.7. The highest BCUT2D eigenvalue weighted by Crippen LogP contribution is 2.34. The number of ether oxygens (including phenoxy) is 3. The average molecular weight is 505 g/mol. The summed E-state index contributed by atoms with van der Waals surface area (Å²) in [6.07, 6.45) is 0.752. The fourth-order valence-electron chi connectivity index (χ4n) is 4.99. The molecule has 1 N–H and O–H groups in total. The van der Waals surface area contributed by atoms with Crippen LogP contribution in [0, 0.1) is 13.8 Å². The fourth-order valence-corrected chi connectivity index (χ4v) is 4.99. The Morgan fingerprint density at radius 2 is 1.97 bits per heavy atom. The van der Waals surface area contributed by atoms with Gasteiger partial charge < -0.3 is 19.2 Å². The van der Waals surface area contributed by atoms with Crippen molar-refractivity contribution in [3.8, 4) is 11.5 Å². The van der Waals surface area contributed by atoms with Gasteiger partial charge in [-0.1, -0.05) is 19.1 Å². The largest absolute Gasteiger partial charge is 0.454 e. The molecule has 0 saturated heterocycles. The van der Waals surface area contributed by atoms with Crippen molar-refractivity contribution in [1.82, 2.24) is 30.1 Å². The molecule has 0 spiro atoms. The quantitative estimate of drug-likeness (QED) is 0.349. The highest BCUT2D eigenvalue weighted by molar-refractivity contribution is 5.83. The summed E-state index contributed by atoms with van der Waals surface area (Å²) in [6.45, 7) is 8.46. The van der Waals surface area contributed by atoms with E-state index in [0.29, 0.717) is 31.8 Å². The van der Waals surface area contributed by atoms with E-state index in [1.54, 1.807) is 11.8 Å². The summed E-state index contributed by atoms with van der Waals surface area (Å²) in [5.74, 6) is 2.21. The fraction of sp³-hybridized carbons (Fsp3) is 0.407. The molecule has 0 saturated carbocycles. The van der Waals surface area contributed by atoms with Crippen LogP contribution in [0.3, 0.4) is 0 Å². The van der Waals surface area contributed by atoms with Crippen molar-refractivity contribution in [3.05, 3.63) is 74.8 Å². The number of hydrogen-bond donors (Lipinski definition) is 1. The van der Waals surface area contributed by atoms with Crippen LogP contribution >= 0.6 is 0 Å². The van der Waals surface area contributed by atoms with Gasteiger partial charge >= 0.3 is 0 Å². The van der Waals surface area contributed by atoms with Gasteiger partial charge in [0.15, 0.2) is 17.3 Å². The number of aromatic amines is 1. The molecular weight excluding hydrogens is 472 g/mol. The van der Waals surface area contributed by atoms with Crippen LogP contribution in [0.1, 0.15) is 47.5 Å². The van der Waals surface area contributed by atoms with Crippen molar-refractivity contribution in [3.63, 3.8) is 0 Å². The molecule has 37 heavy (non-hydrogen) atoms. The molecule has 194 valence electrons. The molecule has 0 fully saturated rings. The molecule has 1 aliphatic heterocycles. The van der Waals surface area contributed by atoms with Crippen LogP contribution in [-0.4, -0.2) is 50.6 Å². The van der Waals surface area contributed by atoms with Crippen LogP contribution in [0.4, 0.5) is 0 Å². The molecule has 0 bridgehead atoms. The van der Waals surface area contributed by atoms with Crippen LogP contribution in [-0.2, 0) is 24.4 Å². The molecule has 5 rings (SSSR count). The lowest BCUT2D eigenvalue weighted by atomic mass is 10.0. The Bertz CT molecular complexity index is 1460. The average Bonchev–Trinajstić information content (AvgIpc) is 3.53. The molecule has 1 atom stereocenters. The monoisotopic (exact) mass is 504 g/mol. The number of aryl methyl sites for hydroxylation is 2. The minimum Gasteiger partial charge on any atom is -0.454 e. The van der Waals surface area contributed by atoms with Crippen LogP contribution in [0.2, 0.25) is 0 Å². The second-order valence-electron chi connectivity index (χ2n) is 9.44. The molecular formula is C27H32N6O4. The van der Waals surface area contributed by atoms with Gasteiger partial charge in [-0.15, -0.1) is 5.10 Å². The van der Waals surface area contributed by atoms with E-state index < -0.39 is 0 Å². The smallest absolute Gasteiger partial charge is 0.252 e. The Morgan fingerprint density at radius 1 is 1.14 bits per heavy atom. The summed E-state index contributed by atoms with van der Waals surface area (Å²) in [6, 6.07) is 12.0. The summed E-state index contributed by atoms with van der Waals surface area (Å²) in [5, 5.41) is 13.5. The van der Waals surface area contributed by atoms with E-state index in [1.807, 2.05) is 37.3 Å². The zero-order valence-electron chi connectivity index (χ0n) is 21.7. The maximum Gasteiger partial charge on any atom is 0.252 e. The van der Waals surface area contributed by atoms with E-state index in [1.165, 1.54) is 0 Å². The normalized spacial score (nSPS) is 13.5. The van der Waals surface area contributed by atoms with Crippen LogP contribution < -0.4 is 15.0 Å². The number of nitrogens with one attached hydrogen (secondary N) is 1. The van der Waals surface area contributed by atoms with Crippen LogP contribution in [0.15, 0.2) is 41.2 Å². The zero-order chi connectivity index (χ0) is 25.9. The third-order valence-electron chi connectivity index (χ3n) is 6.78. The van der Waals surface area contributed by atoms with E-state index in [2.05, 4.69) is 45.3 Å². The van der Waals surface area contributed by atoms with Gasteiger partial charge in [0.05, 0.1) is 19.2 Å².